The maximum Gasteiger partial charge on any atom is 0.344 e. The van der Waals surface area contributed by atoms with Crippen LogP contribution in [0.3, 0.4) is 0 Å². The van der Waals surface area contributed by atoms with Crippen molar-refractivity contribution in [3.05, 3.63) is 59.4 Å². The van der Waals surface area contributed by atoms with Gasteiger partial charge in [0.15, 0.2) is 36.3 Å². The number of carbonyl (C=O) groups excluding carboxylic acids is 3. The van der Waals surface area contributed by atoms with Crippen molar-refractivity contribution in [3.8, 4) is 11.5 Å². The van der Waals surface area contributed by atoms with Crippen molar-refractivity contribution in [3.63, 3.8) is 0 Å². The van der Waals surface area contributed by atoms with Crippen molar-refractivity contribution in [1.82, 2.24) is 0 Å². The zero-order chi connectivity index (χ0) is 19.1. The van der Waals surface area contributed by atoms with Gasteiger partial charge in [-0.25, -0.2) is 9.18 Å². The van der Waals surface area contributed by atoms with Crippen LogP contribution in [0.25, 0.3) is 0 Å². The van der Waals surface area contributed by atoms with Crippen LogP contribution in [0.1, 0.15) is 27.6 Å². The van der Waals surface area contributed by atoms with Crippen LogP contribution >= 0.6 is 0 Å². The van der Waals surface area contributed by atoms with Crippen LogP contribution < -0.4 is 9.47 Å². The molecule has 26 heavy (non-hydrogen) atoms. The molecule has 136 valence electrons. The SMILES string of the molecule is COc1cc(C(C)=O)ccc1OCC(=O)OCC(=O)c1ccc(F)cc1. The summed E-state index contributed by atoms with van der Waals surface area (Å²) in [5.74, 6) is -1.24. The molecule has 2 aromatic carbocycles. The lowest BCUT2D eigenvalue weighted by atomic mass is 10.1. The van der Waals surface area contributed by atoms with Crippen LogP contribution in [0.5, 0.6) is 11.5 Å². The van der Waals surface area contributed by atoms with E-state index in [-0.39, 0.29) is 17.1 Å². The number of esters is 1. The number of methoxy groups -OCH3 is 1. The Morgan fingerprint density at radius 1 is 0.923 bits per heavy atom. The average molecular weight is 360 g/mol. The average Bonchev–Trinajstić information content (AvgIpc) is 2.64. The molecule has 2 rings (SSSR count). The largest absolute Gasteiger partial charge is 0.493 e. The normalized spacial score (nSPS) is 10.1. The molecular weight excluding hydrogens is 343 g/mol. The molecule has 0 heterocycles. The highest BCUT2D eigenvalue weighted by molar-refractivity contribution is 5.98. The summed E-state index contributed by atoms with van der Waals surface area (Å²) in [5, 5.41) is 0. The lowest BCUT2D eigenvalue weighted by Crippen LogP contribution is -2.19. The Hall–Kier alpha value is -3.22. The molecule has 0 aliphatic heterocycles. The fraction of sp³-hybridized carbons (Fsp3) is 0.211. The monoisotopic (exact) mass is 360 g/mol. The molecule has 6 nitrogen and oxygen atoms in total. The van der Waals surface area contributed by atoms with Gasteiger partial charge in [-0.15, -0.1) is 0 Å². The van der Waals surface area contributed by atoms with Gasteiger partial charge >= 0.3 is 5.97 Å². The maximum atomic E-state index is 12.8. The van der Waals surface area contributed by atoms with Crippen LogP contribution in [-0.4, -0.2) is 37.9 Å². The third kappa shape index (κ3) is 5.14. The summed E-state index contributed by atoms with van der Waals surface area (Å²) < 4.78 is 28.1. The van der Waals surface area contributed by atoms with E-state index in [1.807, 2.05) is 0 Å². The third-order valence-corrected chi connectivity index (χ3v) is 3.45. The van der Waals surface area contributed by atoms with Gasteiger partial charge in [0.25, 0.3) is 0 Å². The van der Waals surface area contributed by atoms with Crippen molar-refractivity contribution < 1.29 is 33.0 Å². The molecule has 0 radical (unpaired) electrons. The molecule has 2 aromatic rings. The summed E-state index contributed by atoms with van der Waals surface area (Å²) in [6, 6.07) is 9.47. The minimum absolute atomic E-state index is 0.131. The second-order valence-electron chi connectivity index (χ2n) is 5.30. The second-order valence-corrected chi connectivity index (χ2v) is 5.30. The van der Waals surface area contributed by atoms with Gasteiger partial charge in [0.2, 0.25) is 0 Å². The summed E-state index contributed by atoms with van der Waals surface area (Å²) in [6.07, 6.45) is 0. The van der Waals surface area contributed by atoms with E-state index in [0.717, 1.165) is 12.1 Å². The minimum atomic E-state index is -0.752. The fourth-order valence-electron chi connectivity index (χ4n) is 2.05. The number of ether oxygens (including phenoxy) is 3. The Morgan fingerprint density at radius 3 is 2.19 bits per heavy atom. The van der Waals surface area contributed by atoms with E-state index in [1.165, 1.54) is 38.3 Å². The number of hydrogen-bond donors (Lipinski definition) is 0. The highest BCUT2D eigenvalue weighted by Crippen LogP contribution is 2.28. The number of hydrogen-bond acceptors (Lipinski definition) is 6. The summed E-state index contributed by atoms with van der Waals surface area (Å²) in [7, 11) is 1.41. The summed E-state index contributed by atoms with van der Waals surface area (Å²) in [6.45, 7) is 0.505. The first kappa shape index (κ1) is 19.1. The molecule has 7 heteroatoms. The Balaban J connectivity index is 1.87. The van der Waals surface area contributed by atoms with Crippen LogP contribution in [0.15, 0.2) is 42.5 Å². The Morgan fingerprint density at radius 2 is 1.58 bits per heavy atom. The Labute approximate surface area is 149 Å². The molecule has 0 unspecified atom stereocenters. The van der Waals surface area contributed by atoms with Gasteiger partial charge in [-0.3, -0.25) is 9.59 Å². The van der Waals surface area contributed by atoms with Crippen LogP contribution in [-0.2, 0) is 9.53 Å². The second kappa shape index (κ2) is 8.75. The molecule has 0 saturated carbocycles. The summed E-state index contributed by atoms with van der Waals surface area (Å²) >= 11 is 0. The standard InChI is InChI=1S/C19H17FO6/c1-12(21)14-5-8-17(18(9-14)24-2)25-11-19(23)26-10-16(22)13-3-6-15(20)7-4-13/h3-9H,10-11H2,1-2H3. The molecule has 0 atom stereocenters. The van der Waals surface area contributed by atoms with E-state index in [2.05, 4.69) is 0 Å². The first-order chi connectivity index (χ1) is 12.4. The predicted molar refractivity (Wildman–Crippen MR) is 90.2 cm³/mol. The van der Waals surface area contributed by atoms with E-state index >= 15 is 0 Å². The van der Waals surface area contributed by atoms with E-state index in [0.29, 0.717) is 11.3 Å². The Bertz CT molecular complexity index is 813. The molecule has 0 aliphatic carbocycles. The molecule has 0 aliphatic rings. The van der Waals surface area contributed by atoms with Gasteiger partial charge in [0, 0.05) is 11.1 Å². The number of carbonyl (C=O) groups is 3. The van der Waals surface area contributed by atoms with Gasteiger partial charge in [-0.1, -0.05) is 0 Å². The van der Waals surface area contributed by atoms with Gasteiger partial charge < -0.3 is 14.2 Å². The van der Waals surface area contributed by atoms with E-state index in [4.69, 9.17) is 14.2 Å². The maximum absolute atomic E-state index is 12.8. The third-order valence-electron chi connectivity index (χ3n) is 3.45. The first-order valence-electron chi connectivity index (χ1n) is 7.67. The van der Waals surface area contributed by atoms with Crippen molar-refractivity contribution in [2.75, 3.05) is 20.3 Å². The highest BCUT2D eigenvalue weighted by Gasteiger charge is 2.13. The summed E-state index contributed by atoms with van der Waals surface area (Å²) in [5.41, 5.74) is 0.684. The quantitative estimate of drug-likeness (QED) is 0.532. The Kier molecular flexibility index (Phi) is 6.43. The van der Waals surface area contributed by atoms with E-state index < -0.39 is 30.8 Å². The number of ketones is 2. The molecule has 0 aromatic heterocycles. The van der Waals surface area contributed by atoms with Gasteiger partial charge in [-0.2, -0.15) is 0 Å². The molecule has 0 saturated heterocycles. The molecule has 0 amide bonds. The van der Waals surface area contributed by atoms with Crippen LogP contribution in [0.4, 0.5) is 4.39 Å². The van der Waals surface area contributed by atoms with Crippen molar-refractivity contribution in [1.29, 1.82) is 0 Å². The smallest absolute Gasteiger partial charge is 0.344 e. The number of rotatable bonds is 8. The topological polar surface area (TPSA) is 78.9 Å². The van der Waals surface area contributed by atoms with Crippen LogP contribution in [0, 0.1) is 5.82 Å². The highest BCUT2D eigenvalue weighted by atomic mass is 19.1. The summed E-state index contributed by atoms with van der Waals surface area (Å²) in [4.78, 5) is 34.9. The van der Waals surface area contributed by atoms with E-state index in [9.17, 15) is 18.8 Å². The van der Waals surface area contributed by atoms with Crippen LogP contribution in [0.2, 0.25) is 0 Å². The van der Waals surface area contributed by atoms with Gasteiger partial charge in [-0.05, 0) is 49.4 Å². The predicted octanol–water partition coefficient (Wildman–Crippen LogP) is 2.84. The molecule has 0 bridgehead atoms. The molecular formula is C19H17FO6. The zero-order valence-corrected chi connectivity index (χ0v) is 14.3. The molecule has 0 spiro atoms. The van der Waals surface area contributed by atoms with Gasteiger partial charge in [0.1, 0.15) is 5.82 Å². The fourth-order valence-corrected chi connectivity index (χ4v) is 2.05. The lowest BCUT2D eigenvalue weighted by Gasteiger charge is -2.11. The number of Topliss-reactive ketones (excluding diaryl/α,β-unsaturated/α-hetero) is 2. The zero-order valence-electron chi connectivity index (χ0n) is 14.3. The van der Waals surface area contributed by atoms with Crippen molar-refractivity contribution in [2.45, 2.75) is 6.92 Å². The van der Waals surface area contributed by atoms with E-state index in [1.54, 1.807) is 6.07 Å². The van der Waals surface area contributed by atoms with Crippen molar-refractivity contribution >= 4 is 17.5 Å². The molecule has 0 fully saturated rings. The lowest BCUT2D eigenvalue weighted by molar-refractivity contribution is -0.144. The minimum Gasteiger partial charge on any atom is -0.493 e. The number of benzene rings is 2. The first-order valence-corrected chi connectivity index (χ1v) is 7.67. The number of halogens is 1. The van der Waals surface area contributed by atoms with Gasteiger partial charge in [0.05, 0.1) is 7.11 Å². The van der Waals surface area contributed by atoms with Crippen molar-refractivity contribution in [2.24, 2.45) is 0 Å². The molecule has 0 N–H and O–H groups in total.